The van der Waals surface area contributed by atoms with Gasteiger partial charge in [-0.25, -0.2) is 0 Å². The third kappa shape index (κ3) is 5.01. The number of anilines is 1. The number of aliphatic hydroxyl groups is 1. The molecular formula is C32H39ClN2O4S. The number of nitrogens with zero attached hydrogens (tertiary/aromatic N) is 1. The van der Waals surface area contributed by atoms with Crippen molar-refractivity contribution in [3.63, 3.8) is 0 Å². The molecule has 6 nitrogen and oxygen atoms in total. The van der Waals surface area contributed by atoms with Crippen LogP contribution in [0.25, 0.3) is 0 Å². The van der Waals surface area contributed by atoms with E-state index in [0.29, 0.717) is 43.5 Å². The van der Waals surface area contributed by atoms with Crippen LogP contribution in [0.4, 0.5) is 5.69 Å². The van der Waals surface area contributed by atoms with Gasteiger partial charge >= 0.3 is 0 Å². The fourth-order valence-corrected chi connectivity index (χ4v) is 8.77. The largest absolute Gasteiger partial charge is 0.490 e. The molecule has 1 spiro atoms. The van der Waals surface area contributed by atoms with Crippen molar-refractivity contribution in [3.05, 3.63) is 58.1 Å². The van der Waals surface area contributed by atoms with E-state index in [4.69, 9.17) is 21.1 Å². The molecule has 0 aromatic heterocycles. The number of carbonyl (C=O) groups excluding carboxylic acids is 1. The summed E-state index contributed by atoms with van der Waals surface area (Å²) in [5, 5.41) is 12.2. The lowest BCUT2D eigenvalue weighted by atomic mass is 9.66. The molecule has 214 valence electrons. The van der Waals surface area contributed by atoms with Crippen molar-refractivity contribution in [3.8, 4) is 5.75 Å². The molecule has 1 saturated carbocycles. The normalized spacial score (nSPS) is 34.0. The van der Waals surface area contributed by atoms with Gasteiger partial charge < -0.3 is 19.5 Å². The molecule has 3 aliphatic heterocycles. The highest BCUT2D eigenvalue weighted by Crippen LogP contribution is 2.48. The van der Waals surface area contributed by atoms with E-state index in [-0.39, 0.29) is 17.4 Å². The molecule has 7 rings (SSSR count). The predicted molar refractivity (Wildman–Crippen MR) is 160 cm³/mol. The van der Waals surface area contributed by atoms with E-state index < -0.39 is 5.60 Å². The predicted octanol–water partition coefficient (Wildman–Crippen LogP) is 5.92. The first kappa shape index (κ1) is 26.9. The van der Waals surface area contributed by atoms with Crippen molar-refractivity contribution < 1.29 is 19.4 Å². The van der Waals surface area contributed by atoms with Gasteiger partial charge in [0.15, 0.2) is 0 Å². The Morgan fingerprint density at radius 3 is 2.90 bits per heavy atom. The fraction of sp³-hybridized carbons (Fsp3) is 0.594. The van der Waals surface area contributed by atoms with Crippen LogP contribution in [0.5, 0.6) is 5.75 Å². The zero-order valence-electron chi connectivity index (χ0n) is 23.0. The maximum atomic E-state index is 13.2. The SMILES string of the molecule is O=C1NSCCC[C@]2(O)CCO[C@H](C2)[C@@H]2CC[C@H]2CN2C[C@@]3(CCCc4cc(Cl)ccc43)COc3ccc1cc32. The van der Waals surface area contributed by atoms with Crippen molar-refractivity contribution >= 4 is 35.1 Å². The summed E-state index contributed by atoms with van der Waals surface area (Å²) in [5.41, 5.74) is 3.53. The molecule has 2 N–H and O–H groups in total. The molecule has 40 heavy (non-hydrogen) atoms. The highest BCUT2D eigenvalue weighted by Gasteiger charge is 2.47. The van der Waals surface area contributed by atoms with Crippen LogP contribution in [0.1, 0.15) is 72.9 Å². The Kier molecular flexibility index (Phi) is 7.22. The molecule has 2 aromatic rings. The zero-order valence-corrected chi connectivity index (χ0v) is 24.6. The van der Waals surface area contributed by atoms with Crippen LogP contribution in [0.15, 0.2) is 36.4 Å². The van der Waals surface area contributed by atoms with E-state index in [0.717, 1.165) is 80.2 Å². The second-order valence-corrected chi connectivity index (χ2v) is 14.1. The summed E-state index contributed by atoms with van der Waals surface area (Å²) in [4.78, 5) is 15.7. The van der Waals surface area contributed by atoms with Gasteiger partial charge in [0, 0.05) is 47.9 Å². The second kappa shape index (κ2) is 10.7. The van der Waals surface area contributed by atoms with Gasteiger partial charge in [-0.05, 0) is 105 Å². The van der Waals surface area contributed by atoms with Gasteiger partial charge in [-0.15, -0.1) is 0 Å². The van der Waals surface area contributed by atoms with Gasteiger partial charge in [0.1, 0.15) is 5.75 Å². The molecular weight excluding hydrogens is 544 g/mol. The van der Waals surface area contributed by atoms with E-state index >= 15 is 0 Å². The molecule has 2 fully saturated rings. The monoisotopic (exact) mass is 582 g/mol. The minimum Gasteiger partial charge on any atom is -0.490 e. The third-order valence-corrected chi connectivity index (χ3v) is 11.3. The van der Waals surface area contributed by atoms with Crippen molar-refractivity contribution in [2.24, 2.45) is 11.8 Å². The van der Waals surface area contributed by atoms with Crippen molar-refractivity contribution in [2.45, 2.75) is 74.9 Å². The number of carbonyl (C=O) groups is 1. The Morgan fingerprint density at radius 2 is 2.02 bits per heavy atom. The smallest absolute Gasteiger partial charge is 0.261 e. The first-order valence-corrected chi connectivity index (χ1v) is 16.3. The van der Waals surface area contributed by atoms with Gasteiger partial charge in [-0.3, -0.25) is 9.52 Å². The van der Waals surface area contributed by atoms with E-state index in [2.05, 4.69) is 21.8 Å². The molecule has 5 aliphatic rings. The lowest BCUT2D eigenvalue weighted by molar-refractivity contribution is -0.144. The number of rotatable bonds is 0. The molecule has 3 heterocycles. The molecule has 1 amide bonds. The van der Waals surface area contributed by atoms with Gasteiger partial charge in [0.2, 0.25) is 0 Å². The molecule has 2 aliphatic carbocycles. The lowest BCUT2D eigenvalue weighted by Gasteiger charge is -2.49. The lowest BCUT2D eigenvalue weighted by Crippen LogP contribution is -2.52. The van der Waals surface area contributed by atoms with Crippen molar-refractivity contribution in [1.29, 1.82) is 0 Å². The molecule has 1 saturated heterocycles. The van der Waals surface area contributed by atoms with Gasteiger partial charge in [0.05, 0.1) is 24.0 Å². The van der Waals surface area contributed by atoms with Gasteiger partial charge in [0.25, 0.3) is 5.91 Å². The van der Waals surface area contributed by atoms with Crippen LogP contribution >= 0.6 is 23.5 Å². The number of nitrogens with one attached hydrogen (secondary N) is 1. The number of aryl methyl sites for hydroxylation is 1. The summed E-state index contributed by atoms with van der Waals surface area (Å²) in [6.07, 6.45) is 8.64. The highest BCUT2D eigenvalue weighted by atomic mass is 35.5. The Bertz CT molecular complexity index is 1290. The zero-order chi connectivity index (χ0) is 27.3. The molecule has 2 aromatic carbocycles. The Balaban J connectivity index is 1.26. The van der Waals surface area contributed by atoms with Crippen molar-refractivity contribution in [1.82, 2.24) is 4.72 Å². The number of hydrogen-bond acceptors (Lipinski definition) is 6. The minimum atomic E-state index is -0.671. The first-order valence-electron chi connectivity index (χ1n) is 15.0. The van der Waals surface area contributed by atoms with Crippen LogP contribution in [0.3, 0.4) is 0 Å². The summed E-state index contributed by atoms with van der Waals surface area (Å²) in [6.45, 7) is 2.97. The second-order valence-electron chi connectivity index (χ2n) is 12.8. The fourth-order valence-electron chi connectivity index (χ4n) is 7.94. The molecule has 8 heteroatoms. The number of hydrogen-bond donors (Lipinski definition) is 2. The maximum Gasteiger partial charge on any atom is 0.261 e. The molecule has 0 radical (unpaired) electrons. The summed E-state index contributed by atoms with van der Waals surface area (Å²) < 4.78 is 16.0. The van der Waals surface area contributed by atoms with E-state index in [1.807, 2.05) is 24.3 Å². The topological polar surface area (TPSA) is 71.0 Å². The van der Waals surface area contributed by atoms with Crippen LogP contribution in [-0.2, 0) is 16.6 Å². The first-order chi connectivity index (χ1) is 19.4. The Hall–Kier alpha value is -1.93. The minimum absolute atomic E-state index is 0.0807. The number of benzene rings is 2. The van der Waals surface area contributed by atoms with E-state index in [9.17, 15) is 9.90 Å². The standard InChI is InChI=1S/C32H39ClN2O4S/c33-24-6-8-26-21(15-24)3-1-10-31(26)19-35-18-23-4-7-25(23)29-17-32(37,12-13-38-29)11-2-14-40-34-30(36)22-5-9-28(39-20-31)27(35)16-22/h5-6,8-9,15-16,23,25,29,37H,1-4,7,10-14,17-20H2,(H,34,36)/t23-,25+,29+,31-,32-/m0/s1. The summed E-state index contributed by atoms with van der Waals surface area (Å²) in [5.74, 6) is 2.47. The maximum absolute atomic E-state index is 13.2. The molecule has 4 bridgehead atoms. The van der Waals surface area contributed by atoms with Crippen LogP contribution in [0.2, 0.25) is 5.02 Å². The van der Waals surface area contributed by atoms with Crippen LogP contribution < -0.4 is 14.4 Å². The number of fused-ring (bicyclic) bond motifs is 7. The Labute approximate surface area is 246 Å². The third-order valence-electron chi connectivity index (χ3n) is 10.2. The average Bonchev–Trinajstić information content (AvgIpc) is 3.07. The van der Waals surface area contributed by atoms with Gasteiger partial charge in [-0.2, -0.15) is 0 Å². The number of ether oxygens (including phenoxy) is 2. The van der Waals surface area contributed by atoms with E-state index in [1.165, 1.54) is 23.1 Å². The van der Waals surface area contributed by atoms with E-state index in [1.54, 1.807) is 0 Å². The van der Waals surface area contributed by atoms with Crippen molar-refractivity contribution in [2.75, 3.05) is 37.0 Å². The quantitative estimate of drug-likeness (QED) is 0.376. The number of amides is 1. The summed E-state index contributed by atoms with van der Waals surface area (Å²) in [6, 6.07) is 12.3. The number of halogens is 1. The molecule has 5 atom stereocenters. The average molecular weight is 583 g/mol. The highest BCUT2D eigenvalue weighted by molar-refractivity contribution is 7.97. The summed E-state index contributed by atoms with van der Waals surface area (Å²) >= 11 is 7.85. The Morgan fingerprint density at radius 1 is 1.10 bits per heavy atom. The van der Waals surface area contributed by atoms with Crippen LogP contribution in [0, 0.1) is 11.8 Å². The molecule has 0 unspecified atom stereocenters. The van der Waals surface area contributed by atoms with Gasteiger partial charge in [-0.1, -0.05) is 29.6 Å². The summed E-state index contributed by atoms with van der Waals surface area (Å²) in [7, 11) is 0. The van der Waals surface area contributed by atoms with Crippen LogP contribution in [-0.4, -0.2) is 54.8 Å².